The number of rotatable bonds is 5. The fraction of sp³-hybridized carbons (Fsp3) is 0.333. The summed E-state index contributed by atoms with van der Waals surface area (Å²) in [4.78, 5) is 24.0. The number of primary amides is 1. The van der Waals surface area contributed by atoms with Gasteiger partial charge in [0.25, 0.3) is 0 Å². The maximum absolute atomic E-state index is 11.7. The molecule has 18 heavy (non-hydrogen) atoms. The van der Waals surface area contributed by atoms with E-state index in [0.29, 0.717) is 18.8 Å². The Kier molecular flexibility index (Phi) is 4.98. The molecular formula is C12H18N4O2. The molecule has 0 radical (unpaired) electrons. The number of carbonyl (C=O) groups excluding carboxylic acids is 2. The average Bonchev–Trinajstić information content (AvgIpc) is 2.31. The number of amides is 3. The maximum Gasteiger partial charge on any atom is 0.318 e. The van der Waals surface area contributed by atoms with Gasteiger partial charge in [-0.25, -0.2) is 4.79 Å². The molecule has 0 unspecified atom stereocenters. The molecule has 6 heteroatoms. The molecule has 1 aromatic carbocycles. The monoisotopic (exact) mass is 250 g/mol. The first-order chi connectivity index (χ1) is 8.52. The van der Waals surface area contributed by atoms with Gasteiger partial charge in [0.1, 0.15) is 6.54 Å². The molecule has 0 fully saturated rings. The van der Waals surface area contributed by atoms with Crippen molar-refractivity contribution < 1.29 is 9.59 Å². The van der Waals surface area contributed by atoms with Gasteiger partial charge in [-0.3, -0.25) is 4.79 Å². The minimum Gasteiger partial charge on any atom is -0.399 e. The zero-order valence-electron chi connectivity index (χ0n) is 10.3. The van der Waals surface area contributed by atoms with E-state index in [4.69, 9.17) is 11.5 Å². The molecule has 0 atom stereocenters. The summed E-state index contributed by atoms with van der Waals surface area (Å²) in [5.41, 5.74) is 12.2. The number of carbonyl (C=O) groups is 2. The van der Waals surface area contributed by atoms with E-state index in [2.05, 4.69) is 5.32 Å². The summed E-state index contributed by atoms with van der Waals surface area (Å²) < 4.78 is 0. The molecule has 0 saturated heterocycles. The van der Waals surface area contributed by atoms with Crippen LogP contribution in [0.15, 0.2) is 24.3 Å². The highest BCUT2D eigenvalue weighted by molar-refractivity contribution is 5.82. The van der Waals surface area contributed by atoms with E-state index in [1.807, 2.05) is 19.1 Å². The molecule has 0 heterocycles. The summed E-state index contributed by atoms with van der Waals surface area (Å²) in [5, 5.41) is 2.64. The second-order valence-electron chi connectivity index (χ2n) is 3.90. The Hall–Kier alpha value is -2.24. The van der Waals surface area contributed by atoms with E-state index in [-0.39, 0.29) is 12.6 Å². The van der Waals surface area contributed by atoms with Crippen molar-refractivity contribution in [3.8, 4) is 0 Å². The molecule has 0 spiro atoms. The molecule has 0 aliphatic heterocycles. The third-order valence-corrected chi connectivity index (χ3v) is 2.32. The Morgan fingerprint density at radius 1 is 1.28 bits per heavy atom. The molecule has 0 aromatic heterocycles. The van der Waals surface area contributed by atoms with Gasteiger partial charge < -0.3 is 21.7 Å². The lowest BCUT2D eigenvalue weighted by Crippen LogP contribution is -2.43. The van der Waals surface area contributed by atoms with Gasteiger partial charge in [-0.2, -0.15) is 0 Å². The highest BCUT2D eigenvalue weighted by atomic mass is 16.2. The topological polar surface area (TPSA) is 101 Å². The van der Waals surface area contributed by atoms with Crippen molar-refractivity contribution >= 4 is 17.6 Å². The van der Waals surface area contributed by atoms with Crippen LogP contribution < -0.4 is 16.8 Å². The van der Waals surface area contributed by atoms with Gasteiger partial charge in [-0.1, -0.05) is 12.1 Å². The Labute approximate surface area is 106 Å². The fourth-order valence-corrected chi connectivity index (χ4v) is 1.49. The van der Waals surface area contributed by atoms with Crippen LogP contribution in [0.5, 0.6) is 0 Å². The largest absolute Gasteiger partial charge is 0.399 e. The molecule has 0 aliphatic carbocycles. The number of nitrogens with zero attached hydrogens (tertiary/aromatic N) is 1. The highest BCUT2D eigenvalue weighted by Crippen LogP contribution is 2.08. The quantitative estimate of drug-likeness (QED) is 0.654. The van der Waals surface area contributed by atoms with Crippen molar-refractivity contribution in [2.24, 2.45) is 5.73 Å². The SMILES string of the molecule is CCNC(=O)N(CC(N)=O)Cc1ccc(N)cc1. The van der Waals surface area contributed by atoms with Gasteiger partial charge in [0.15, 0.2) is 0 Å². The van der Waals surface area contributed by atoms with Crippen LogP contribution in [0.4, 0.5) is 10.5 Å². The lowest BCUT2D eigenvalue weighted by atomic mass is 10.2. The number of nitrogens with two attached hydrogens (primary N) is 2. The molecule has 3 amide bonds. The van der Waals surface area contributed by atoms with Crippen LogP contribution in [0.2, 0.25) is 0 Å². The standard InChI is InChI=1S/C12H18N4O2/c1-2-15-12(18)16(8-11(14)17)7-9-3-5-10(13)6-4-9/h3-6H,2,7-8,13H2,1H3,(H2,14,17)(H,15,18). The molecule has 1 rings (SSSR count). The summed E-state index contributed by atoms with van der Waals surface area (Å²) in [6.07, 6.45) is 0. The lowest BCUT2D eigenvalue weighted by molar-refractivity contribution is -0.118. The smallest absolute Gasteiger partial charge is 0.318 e. The van der Waals surface area contributed by atoms with Gasteiger partial charge in [0, 0.05) is 18.8 Å². The molecule has 6 nitrogen and oxygen atoms in total. The van der Waals surface area contributed by atoms with E-state index in [1.165, 1.54) is 4.90 Å². The fourth-order valence-electron chi connectivity index (χ4n) is 1.49. The molecule has 1 aromatic rings. The van der Waals surface area contributed by atoms with E-state index >= 15 is 0 Å². The summed E-state index contributed by atoms with van der Waals surface area (Å²) >= 11 is 0. The van der Waals surface area contributed by atoms with Gasteiger partial charge in [0.2, 0.25) is 5.91 Å². The van der Waals surface area contributed by atoms with Crippen molar-refractivity contribution in [2.75, 3.05) is 18.8 Å². The van der Waals surface area contributed by atoms with E-state index in [1.54, 1.807) is 12.1 Å². The minimum atomic E-state index is -0.545. The maximum atomic E-state index is 11.7. The molecule has 0 aliphatic rings. The number of nitrogens with one attached hydrogen (secondary N) is 1. The van der Waals surface area contributed by atoms with Gasteiger partial charge in [-0.05, 0) is 24.6 Å². The molecule has 98 valence electrons. The van der Waals surface area contributed by atoms with Crippen LogP contribution >= 0.6 is 0 Å². The van der Waals surface area contributed by atoms with E-state index < -0.39 is 5.91 Å². The molecule has 0 saturated carbocycles. The second kappa shape index (κ2) is 6.48. The Bertz CT molecular complexity index is 417. The predicted octanol–water partition coefficient (Wildman–Crippen LogP) is 0.286. The third kappa shape index (κ3) is 4.32. The Morgan fingerprint density at radius 2 is 1.89 bits per heavy atom. The van der Waals surface area contributed by atoms with Crippen LogP contribution in [0.3, 0.4) is 0 Å². The number of benzene rings is 1. The van der Waals surface area contributed by atoms with E-state index in [9.17, 15) is 9.59 Å². The number of nitrogen functional groups attached to an aromatic ring is 1. The number of hydrogen-bond donors (Lipinski definition) is 3. The van der Waals surface area contributed by atoms with Crippen LogP contribution in [0.1, 0.15) is 12.5 Å². The average molecular weight is 250 g/mol. The normalized spacial score (nSPS) is 9.83. The van der Waals surface area contributed by atoms with Crippen LogP contribution in [-0.4, -0.2) is 29.9 Å². The molecule has 0 bridgehead atoms. The summed E-state index contributed by atoms with van der Waals surface area (Å²) in [5.74, 6) is -0.545. The number of anilines is 1. The van der Waals surface area contributed by atoms with Gasteiger partial charge in [0.05, 0.1) is 0 Å². The minimum absolute atomic E-state index is 0.115. The third-order valence-electron chi connectivity index (χ3n) is 2.32. The van der Waals surface area contributed by atoms with Gasteiger partial charge in [-0.15, -0.1) is 0 Å². The zero-order valence-corrected chi connectivity index (χ0v) is 10.3. The van der Waals surface area contributed by atoms with Crippen molar-refractivity contribution in [1.29, 1.82) is 0 Å². The first-order valence-electron chi connectivity index (χ1n) is 5.68. The van der Waals surface area contributed by atoms with Crippen molar-refractivity contribution in [2.45, 2.75) is 13.5 Å². The van der Waals surface area contributed by atoms with Crippen LogP contribution in [0.25, 0.3) is 0 Å². The van der Waals surface area contributed by atoms with E-state index in [0.717, 1.165) is 5.56 Å². The van der Waals surface area contributed by atoms with Crippen molar-refractivity contribution in [1.82, 2.24) is 10.2 Å². The summed E-state index contributed by atoms with van der Waals surface area (Å²) in [6, 6.07) is 6.80. The lowest BCUT2D eigenvalue weighted by Gasteiger charge is -2.21. The molecular weight excluding hydrogens is 232 g/mol. The number of urea groups is 1. The van der Waals surface area contributed by atoms with Crippen LogP contribution in [0, 0.1) is 0 Å². The van der Waals surface area contributed by atoms with Crippen LogP contribution in [-0.2, 0) is 11.3 Å². The summed E-state index contributed by atoms with van der Waals surface area (Å²) in [7, 11) is 0. The van der Waals surface area contributed by atoms with Gasteiger partial charge >= 0.3 is 6.03 Å². The first kappa shape index (κ1) is 13.8. The zero-order chi connectivity index (χ0) is 13.5. The Morgan fingerprint density at radius 3 is 2.39 bits per heavy atom. The highest BCUT2D eigenvalue weighted by Gasteiger charge is 2.15. The number of hydrogen-bond acceptors (Lipinski definition) is 3. The summed E-state index contributed by atoms with van der Waals surface area (Å²) in [6.45, 7) is 2.50. The first-order valence-corrected chi connectivity index (χ1v) is 5.68. The second-order valence-corrected chi connectivity index (χ2v) is 3.90. The van der Waals surface area contributed by atoms with Crippen molar-refractivity contribution in [3.05, 3.63) is 29.8 Å². The predicted molar refractivity (Wildman–Crippen MR) is 69.5 cm³/mol. The van der Waals surface area contributed by atoms with Crippen molar-refractivity contribution in [3.63, 3.8) is 0 Å². The molecule has 5 N–H and O–H groups in total. The Balaban J connectivity index is 2.74.